The molecular formula is C15H31NO2. The van der Waals surface area contributed by atoms with Gasteiger partial charge in [-0.05, 0) is 44.1 Å². The van der Waals surface area contributed by atoms with Crippen LogP contribution in [0.5, 0.6) is 0 Å². The van der Waals surface area contributed by atoms with Crippen LogP contribution in [0.25, 0.3) is 0 Å². The van der Waals surface area contributed by atoms with Crippen LogP contribution < -0.4 is 5.32 Å². The van der Waals surface area contributed by atoms with Crippen LogP contribution in [0.1, 0.15) is 48.5 Å². The lowest BCUT2D eigenvalue weighted by molar-refractivity contribution is -0.0479. The van der Waals surface area contributed by atoms with Crippen LogP contribution in [-0.4, -0.2) is 36.5 Å². The molecule has 0 spiro atoms. The third kappa shape index (κ3) is 3.69. The topological polar surface area (TPSA) is 41.5 Å². The molecule has 3 heteroatoms. The Kier molecular flexibility index (Phi) is 4.52. The van der Waals surface area contributed by atoms with Gasteiger partial charge in [-0.2, -0.15) is 0 Å². The molecule has 0 aromatic carbocycles. The minimum atomic E-state index is -0.422. The predicted octanol–water partition coefficient (Wildman–Crippen LogP) is 2.43. The van der Waals surface area contributed by atoms with Crippen molar-refractivity contribution in [2.24, 2.45) is 16.7 Å². The van der Waals surface area contributed by atoms with Gasteiger partial charge in [0.05, 0.1) is 18.3 Å². The Balaban J connectivity index is 2.16. The van der Waals surface area contributed by atoms with Gasteiger partial charge in [0.15, 0.2) is 0 Å². The molecule has 1 saturated carbocycles. The lowest BCUT2D eigenvalue weighted by Crippen LogP contribution is -2.35. The fourth-order valence-electron chi connectivity index (χ4n) is 2.64. The summed E-state index contributed by atoms with van der Waals surface area (Å²) in [5, 5.41) is 13.2. The van der Waals surface area contributed by atoms with Gasteiger partial charge < -0.3 is 15.2 Å². The third-order valence-electron chi connectivity index (χ3n) is 4.76. The number of ether oxygens (including phenoxy) is 1. The first-order valence-corrected chi connectivity index (χ1v) is 7.01. The van der Waals surface area contributed by atoms with Crippen LogP contribution in [0.4, 0.5) is 0 Å². The fraction of sp³-hybridized carbons (Fsp3) is 1.00. The molecule has 0 radical (unpaired) electrons. The van der Waals surface area contributed by atoms with Gasteiger partial charge in [0, 0.05) is 6.54 Å². The molecule has 0 aromatic rings. The van der Waals surface area contributed by atoms with Crippen LogP contribution in [0, 0.1) is 16.7 Å². The van der Waals surface area contributed by atoms with E-state index >= 15 is 0 Å². The van der Waals surface area contributed by atoms with Gasteiger partial charge in [0.2, 0.25) is 0 Å². The van der Waals surface area contributed by atoms with E-state index in [9.17, 15) is 5.11 Å². The molecule has 0 aliphatic heterocycles. The Morgan fingerprint density at radius 2 is 1.67 bits per heavy atom. The van der Waals surface area contributed by atoms with Gasteiger partial charge in [0.1, 0.15) is 0 Å². The number of rotatable bonds is 6. The van der Waals surface area contributed by atoms with Gasteiger partial charge in [-0.15, -0.1) is 0 Å². The molecular weight excluding hydrogens is 226 g/mol. The van der Waals surface area contributed by atoms with Gasteiger partial charge in [0.25, 0.3) is 0 Å². The summed E-state index contributed by atoms with van der Waals surface area (Å²) in [6.45, 7) is 17.3. The molecule has 1 aliphatic carbocycles. The first-order valence-electron chi connectivity index (χ1n) is 7.01. The van der Waals surface area contributed by atoms with Crippen molar-refractivity contribution < 1.29 is 9.84 Å². The molecule has 2 N–H and O–H groups in total. The molecule has 1 rings (SSSR count). The molecule has 3 nitrogen and oxygen atoms in total. The molecule has 18 heavy (non-hydrogen) atoms. The van der Waals surface area contributed by atoms with Crippen molar-refractivity contribution >= 4 is 0 Å². The summed E-state index contributed by atoms with van der Waals surface area (Å²) >= 11 is 0. The van der Waals surface area contributed by atoms with E-state index in [4.69, 9.17) is 4.74 Å². The Bertz CT molecular complexity index is 265. The summed E-state index contributed by atoms with van der Waals surface area (Å²) in [5.74, 6) is 0.695. The van der Waals surface area contributed by atoms with E-state index in [1.807, 2.05) is 20.8 Å². The highest BCUT2D eigenvalue weighted by atomic mass is 16.5. The monoisotopic (exact) mass is 257 g/mol. The highest BCUT2D eigenvalue weighted by Gasteiger charge is 2.63. The highest BCUT2D eigenvalue weighted by Crippen LogP contribution is 2.67. The standard InChI is InChI=1S/C15H31NO2/c1-13(2,3)18-10-11(17)8-16-9-12-14(4,5)15(12,6)7/h11-12,16-17H,8-10H2,1-7H3. The fourth-order valence-corrected chi connectivity index (χ4v) is 2.64. The third-order valence-corrected chi connectivity index (χ3v) is 4.76. The highest BCUT2D eigenvalue weighted by molar-refractivity contribution is 5.12. The Hall–Kier alpha value is -0.120. The minimum absolute atomic E-state index is 0.179. The number of nitrogens with one attached hydrogen (secondary N) is 1. The van der Waals surface area contributed by atoms with E-state index in [-0.39, 0.29) is 5.60 Å². The number of hydrogen-bond donors (Lipinski definition) is 2. The zero-order valence-corrected chi connectivity index (χ0v) is 13.1. The average Bonchev–Trinajstić information content (AvgIpc) is 2.56. The van der Waals surface area contributed by atoms with Crippen molar-refractivity contribution in [2.45, 2.75) is 60.2 Å². The predicted molar refractivity (Wildman–Crippen MR) is 75.6 cm³/mol. The number of aliphatic hydroxyl groups excluding tert-OH is 1. The summed E-state index contributed by atoms with van der Waals surface area (Å²) in [4.78, 5) is 0. The molecule has 0 aromatic heterocycles. The van der Waals surface area contributed by atoms with E-state index < -0.39 is 6.10 Å². The molecule has 0 amide bonds. The molecule has 1 atom stereocenters. The maximum Gasteiger partial charge on any atom is 0.0897 e. The molecule has 1 fully saturated rings. The maximum absolute atomic E-state index is 9.82. The number of aliphatic hydroxyl groups is 1. The van der Waals surface area contributed by atoms with Crippen molar-refractivity contribution in [3.05, 3.63) is 0 Å². The van der Waals surface area contributed by atoms with Gasteiger partial charge in [-0.1, -0.05) is 27.7 Å². The summed E-state index contributed by atoms with van der Waals surface area (Å²) in [6, 6.07) is 0. The second-order valence-corrected chi connectivity index (χ2v) is 7.73. The van der Waals surface area contributed by atoms with E-state index in [0.29, 0.717) is 29.9 Å². The second kappa shape index (κ2) is 5.10. The van der Waals surface area contributed by atoms with Crippen molar-refractivity contribution in [1.82, 2.24) is 5.32 Å². The van der Waals surface area contributed by atoms with Crippen molar-refractivity contribution in [3.63, 3.8) is 0 Å². The quantitative estimate of drug-likeness (QED) is 0.768. The van der Waals surface area contributed by atoms with Crippen LogP contribution in [0.3, 0.4) is 0 Å². The Morgan fingerprint density at radius 3 is 2.06 bits per heavy atom. The van der Waals surface area contributed by atoms with E-state index in [2.05, 4.69) is 33.0 Å². The molecule has 108 valence electrons. The van der Waals surface area contributed by atoms with E-state index in [1.54, 1.807) is 0 Å². The SMILES string of the molecule is CC(C)(C)OCC(O)CNCC1C(C)(C)C1(C)C. The van der Waals surface area contributed by atoms with E-state index in [0.717, 1.165) is 6.54 Å². The zero-order chi connectivity index (χ0) is 14.2. The molecule has 0 saturated heterocycles. The summed E-state index contributed by atoms with van der Waals surface area (Å²) < 4.78 is 5.56. The largest absolute Gasteiger partial charge is 0.389 e. The average molecular weight is 257 g/mol. The summed E-state index contributed by atoms with van der Waals surface area (Å²) in [7, 11) is 0. The Morgan fingerprint density at radius 1 is 1.17 bits per heavy atom. The van der Waals surface area contributed by atoms with Crippen LogP contribution in [0.15, 0.2) is 0 Å². The maximum atomic E-state index is 9.82. The summed E-state index contributed by atoms with van der Waals surface area (Å²) in [5.41, 5.74) is 0.640. The van der Waals surface area contributed by atoms with E-state index in [1.165, 1.54) is 0 Å². The van der Waals surface area contributed by atoms with Crippen LogP contribution >= 0.6 is 0 Å². The lowest BCUT2D eigenvalue weighted by Gasteiger charge is -2.22. The van der Waals surface area contributed by atoms with Gasteiger partial charge in [-0.25, -0.2) is 0 Å². The minimum Gasteiger partial charge on any atom is -0.389 e. The van der Waals surface area contributed by atoms with Crippen LogP contribution in [0.2, 0.25) is 0 Å². The van der Waals surface area contributed by atoms with Crippen molar-refractivity contribution in [3.8, 4) is 0 Å². The first-order chi connectivity index (χ1) is 7.98. The zero-order valence-electron chi connectivity index (χ0n) is 13.1. The Labute approximate surface area is 112 Å². The van der Waals surface area contributed by atoms with Gasteiger partial charge in [-0.3, -0.25) is 0 Å². The molecule has 1 unspecified atom stereocenters. The van der Waals surface area contributed by atoms with Gasteiger partial charge >= 0.3 is 0 Å². The van der Waals surface area contributed by atoms with Crippen molar-refractivity contribution in [1.29, 1.82) is 0 Å². The smallest absolute Gasteiger partial charge is 0.0897 e. The molecule has 1 aliphatic rings. The number of hydrogen-bond acceptors (Lipinski definition) is 3. The second-order valence-electron chi connectivity index (χ2n) is 7.73. The van der Waals surface area contributed by atoms with Crippen molar-refractivity contribution in [2.75, 3.05) is 19.7 Å². The lowest BCUT2D eigenvalue weighted by atomic mass is 10.0. The molecule has 0 heterocycles. The summed E-state index contributed by atoms with van der Waals surface area (Å²) in [6.07, 6.45) is -0.422. The first kappa shape index (κ1) is 15.9. The normalized spacial score (nSPS) is 24.0. The van der Waals surface area contributed by atoms with Crippen LogP contribution in [-0.2, 0) is 4.74 Å². The molecule has 0 bridgehead atoms.